The van der Waals surface area contributed by atoms with Gasteiger partial charge in [0.15, 0.2) is 0 Å². The summed E-state index contributed by atoms with van der Waals surface area (Å²) in [6.07, 6.45) is 1.54. The third kappa shape index (κ3) is 1.52. The number of carbonyl (C=O) groups excluding carboxylic acids is 1. The van der Waals surface area contributed by atoms with Gasteiger partial charge in [-0.1, -0.05) is 0 Å². The van der Waals surface area contributed by atoms with Crippen LogP contribution in [0.5, 0.6) is 0 Å². The number of carbonyl (C=O) groups is 1. The molecule has 1 aliphatic heterocycles. The molecule has 18 heavy (non-hydrogen) atoms. The van der Waals surface area contributed by atoms with Crippen LogP contribution in [0.2, 0.25) is 0 Å². The number of rotatable bonds is 2. The van der Waals surface area contributed by atoms with Crippen molar-refractivity contribution in [1.82, 2.24) is 0 Å². The van der Waals surface area contributed by atoms with Crippen molar-refractivity contribution < 1.29 is 13.6 Å². The molecule has 5 heteroatoms. The van der Waals surface area contributed by atoms with E-state index in [1.807, 2.05) is 0 Å². The van der Waals surface area contributed by atoms with Crippen molar-refractivity contribution in [3.05, 3.63) is 54.2 Å². The Balaban J connectivity index is 1.95. The Morgan fingerprint density at radius 2 is 1.94 bits per heavy atom. The topological polar surface area (TPSA) is 59.5 Å². The first kappa shape index (κ1) is 11.0. The van der Waals surface area contributed by atoms with Gasteiger partial charge in [0.1, 0.15) is 23.7 Å². The Hall–Kier alpha value is -2.14. The first-order valence-electron chi connectivity index (χ1n) is 5.56. The van der Waals surface area contributed by atoms with Gasteiger partial charge >= 0.3 is 0 Å². The molecule has 1 aromatic heterocycles. The SMILES string of the molecule is NC1C(=O)N(c2ccc(F)cc2)C1c1ccco1. The second kappa shape index (κ2) is 3.96. The summed E-state index contributed by atoms with van der Waals surface area (Å²) in [7, 11) is 0. The molecule has 2 N–H and O–H groups in total. The molecule has 0 saturated carbocycles. The highest BCUT2D eigenvalue weighted by Crippen LogP contribution is 2.38. The van der Waals surface area contributed by atoms with Crippen molar-refractivity contribution in [2.24, 2.45) is 5.73 Å². The van der Waals surface area contributed by atoms with Gasteiger partial charge in [-0.15, -0.1) is 0 Å². The summed E-state index contributed by atoms with van der Waals surface area (Å²) in [5.74, 6) is 0.0972. The molecule has 1 aromatic carbocycles. The Labute approximate surface area is 103 Å². The molecule has 2 unspecified atom stereocenters. The van der Waals surface area contributed by atoms with Crippen molar-refractivity contribution >= 4 is 11.6 Å². The summed E-state index contributed by atoms with van der Waals surface area (Å²) in [5, 5.41) is 0. The fourth-order valence-corrected chi connectivity index (χ4v) is 2.16. The van der Waals surface area contributed by atoms with Crippen molar-refractivity contribution in [2.45, 2.75) is 12.1 Å². The minimum absolute atomic E-state index is 0.192. The molecule has 0 spiro atoms. The predicted octanol–water partition coefficient (Wildman–Crippen LogP) is 1.83. The molecule has 0 radical (unpaired) electrons. The van der Waals surface area contributed by atoms with E-state index in [1.54, 1.807) is 24.3 Å². The average molecular weight is 246 g/mol. The smallest absolute Gasteiger partial charge is 0.247 e. The number of nitrogens with two attached hydrogens (primary N) is 1. The number of β-lactam (4-membered cyclic amide) rings is 1. The first-order valence-corrected chi connectivity index (χ1v) is 5.56. The lowest BCUT2D eigenvalue weighted by molar-refractivity contribution is -0.126. The molecule has 2 aromatic rings. The van der Waals surface area contributed by atoms with E-state index in [1.165, 1.54) is 23.3 Å². The molecule has 2 atom stereocenters. The van der Waals surface area contributed by atoms with Gasteiger partial charge in [0.05, 0.1) is 6.26 Å². The number of furan rings is 1. The van der Waals surface area contributed by atoms with Crippen LogP contribution in [0.25, 0.3) is 0 Å². The molecule has 2 heterocycles. The Morgan fingerprint density at radius 1 is 1.22 bits per heavy atom. The maximum absolute atomic E-state index is 12.9. The van der Waals surface area contributed by atoms with Crippen molar-refractivity contribution in [3.63, 3.8) is 0 Å². The molecule has 0 bridgehead atoms. The lowest BCUT2D eigenvalue weighted by atomic mass is 9.92. The van der Waals surface area contributed by atoms with Gasteiger partial charge in [-0.05, 0) is 36.4 Å². The molecule has 1 amide bonds. The van der Waals surface area contributed by atoms with Gasteiger partial charge in [-0.2, -0.15) is 0 Å². The van der Waals surface area contributed by atoms with Crippen LogP contribution in [0.1, 0.15) is 11.8 Å². The quantitative estimate of drug-likeness (QED) is 0.822. The standard InChI is InChI=1S/C13H11FN2O2/c14-8-3-5-9(6-4-8)16-12(11(15)13(16)17)10-2-1-7-18-10/h1-7,11-12H,15H2. The van der Waals surface area contributed by atoms with Gasteiger partial charge in [-0.25, -0.2) is 4.39 Å². The minimum atomic E-state index is -0.610. The second-order valence-corrected chi connectivity index (χ2v) is 4.17. The largest absolute Gasteiger partial charge is 0.467 e. The lowest BCUT2D eigenvalue weighted by Gasteiger charge is -2.44. The highest BCUT2D eigenvalue weighted by molar-refractivity contribution is 6.05. The van der Waals surface area contributed by atoms with E-state index in [-0.39, 0.29) is 17.8 Å². The number of nitrogens with zero attached hydrogens (tertiary/aromatic N) is 1. The van der Waals surface area contributed by atoms with Crippen LogP contribution in [-0.4, -0.2) is 11.9 Å². The zero-order valence-corrected chi connectivity index (χ0v) is 9.42. The number of hydrogen-bond donors (Lipinski definition) is 1. The molecule has 4 nitrogen and oxygen atoms in total. The van der Waals surface area contributed by atoms with Gasteiger partial charge in [0, 0.05) is 5.69 Å². The fraction of sp³-hybridized carbons (Fsp3) is 0.154. The van der Waals surface area contributed by atoms with Crippen molar-refractivity contribution in [3.8, 4) is 0 Å². The van der Waals surface area contributed by atoms with Crippen LogP contribution in [-0.2, 0) is 4.79 Å². The van der Waals surface area contributed by atoms with E-state index in [9.17, 15) is 9.18 Å². The van der Waals surface area contributed by atoms with E-state index in [0.29, 0.717) is 11.4 Å². The number of hydrogen-bond acceptors (Lipinski definition) is 3. The van der Waals surface area contributed by atoms with E-state index in [2.05, 4.69) is 0 Å². The van der Waals surface area contributed by atoms with Gasteiger partial charge < -0.3 is 10.2 Å². The summed E-state index contributed by atoms with van der Waals surface area (Å²) in [4.78, 5) is 13.3. The highest BCUT2D eigenvalue weighted by Gasteiger charge is 2.48. The molecular formula is C13H11FN2O2. The summed E-state index contributed by atoms with van der Waals surface area (Å²) < 4.78 is 18.2. The summed E-state index contributed by atoms with van der Waals surface area (Å²) >= 11 is 0. The maximum atomic E-state index is 12.9. The Kier molecular flexibility index (Phi) is 2.41. The number of benzene rings is 1. The molecule has 92 valence electrons. The number of anilines is 1. The molecular weight excluding hydrogens is 235 g/mol. The minimum Gasteiger partial charge on any atom is -0.467 e. The average Bonchev–Trinajstić information content (AvgIpc) is 2.89. The summed E-state index contributed by atoms with van der Waals surface area (Å²) in [6, 6.07) is 8.31. The Bertz CT molecular complexity index is 565. The second-order valence-electron chi connectivity index (χ2n) is 4.17. The summed E-state index contributed by atoms with van der Waals surface area (Å²) in [6.45, 7) is 0. The lowest BCUT2D eigenvalue weighted by Crippen LogP contribution is -2.63. The molecule has 1 fully saturated rings. The van der Waals surface area contributed by atoms with Crippen LogP contribution >= 0.6 is 0 Å². The van der Waals surface area contributed by atoms with Crippen molar-refractivity contribution in [2.75, 3.05) is 4.90 Å². The van der Waals surface area contributed by atoms with Gasteiger partial charge in [0.2, 0.25) is 5.91 Å². The maximum Gasteiger partial charge on any atom is 0.247 e. The first-order chi connectivity index (χ1) is 8.68. The third-order valence-corrected chi connectivity index (χ3v) is 3.08. The van der Waals surface area contributed by atoms with E-state index < -0.39 is 6.04 Å². The van der Waals surface area contributed by atoms with Gasteiger partial charge in [-0.3, -0.25) is 9.69 Å². The number of amides is 1. The molecule has 3 rings (SSSR count). The zero-order valence-electron chi connectivity index (χ0n) is 9.42. The normalized spacial score (nSPS) is 23.0. The predicted molar refractivity (Wildman–Crippen MR) is 63.3 cm³/mol. The number of halogens is 1. The third-order valence-electron chi connectivity index (χ3n) is 3.08. The highest BCUT2D eigenvalue weighted by atomic mass is 19.1. The van der Waals surface area contributed by atoms with Crippen LogP contribution < -0.4 is 10.6 Å². The van der Waals surface area contributed by atoms with E-state index in [0.717, 1.165) is 0 Å². The Morgan fingerprint density at radius 3 is 2.56 bits per heavy atom. The zero-order chi connectivity index (χ0) is 12.7. The molecule has 0 aliphatic carbocycles. The molecule has 1 aliphatic rings. The van der Waals surface area contributed by atoms with Crippen LogP contribution in [0.4, 0.5) is 10.1 Å². The van der Waals surface area contributed by atoms with E-state index in [4.69, 9.17) is 10.2 Å². The molecule has 1 saturated heterocycles. The van der Waals surface area contributed by atoms with Crippen LogP contribution in [0.15, 0.2) is 47.1 Å². The summed E-state index contributed by atoms with van der Waals surface area (Å²) in [5.41, 5.74) is 6.41. The van der Waals surface area contributed by atoms with Crippen LogP contribution in [0, 0.1) is 5.82 Å². The van der Waals surface area contributed by atoms with Crippen LogP contribution in [0.3, 0.4) is 0 Å². The van der Waals surface area contributed by atoms with Gasteiger partial charge in [0.25, 0.3) is 0 Å². The fourth-order valence-electron chi connectivity index (χ4n) is 2.16. The van der Waals surface area contributed by atoms with Crippen molar-refractivity contribution in [1.29, 1.82) is 0 Å². The van der Waals surface area contributed by atoms with E-state index >= 15 is 0 Å². The monoisotopic (exact) mass is 246 g/mol.